The summed E-state index contributed by atoms with van der Waals surface area (Å²) >= 11 is 0. The molecule has 0 fully saturated rings. The lowest BCUT2D eigenvalue weighted by Crippen LogP contribution is -2.66. The number of carbonyl (C=O) groups is 1. The summed E-state index contributed by atoms with van der Waals surface area (Å²) < 4.78 is 12.7. The number of aromatic nitrogens is 1. The zero-order chi connectivity index (χ0) is 28.1. The quantitative estimate of drug-likeness (QED) is 0.235. The van der Waals surface area contributed by atoms with E-state index in [-0.39, 0.29) is 11.1 Å². The molecular formula is C33H44N2O3Si. The normalized spacial score (nSPS) is 14.2. The van der Waals surface area contributed by atoms with E-state index < -0.39 is 13.9 Å². The number of rotatable bonds is 8. The van der Waals surface area contributed by atoms with Crippen LogP contribution in [0.2, 0.25) is 5.04 Å². The fourth-order valence-corrected chi connectivity index (χ4v) is 10.1. The Bertz CT molecular complexity index is 1190. The fourth-order valence-electron chi connectivity index (χ4n) is 5.51. The Morgan fingerprint density at radius 3 is 2.05 bits per heavy atom. The van der Waals surface area contributed by atoms with Gasteiger partial charge in [-0.3, -0.25) is 4.90 Å². The van der Waals surface area contributed by atoms with E-state index in [1.807, 2.05) is 20.8 Å². The molecule has 208 valence electrons. The first-order chi connectivity index (χ1) is 18.5. The minimum atomic E-state index is -2.51. The lowest BCUT2D eigenvalue weighted by atomic mass is 10.0. The molecule has 0 N–H and O–H groups in total. The molecule has 1 aliphatic heterocycles. The predicted octanol–water partition coefficient (Wildman–Crippen LogP) is 6.67. The third kappa shape index (κ3) is 6.79. The maximum atomic E-state index is 12.8. The molecule has 0 unspecified atom stereocenters. The Morgan fingerprint density at radius 2 is 1.49 bits per heavy atom. The maximum Gasteiger partial charge on any atom is 0.416 e. The predicted molar refractivity (Wildman–Crippen MR) is 163 cm³/mol. The van der Waals surface area contributed by atoms with Gasteiger partial charge >= 0.3 is 6.09 Å². The van der Waals surface area contributed by atoms with E-state index >= 15 is 0 Å². The Morgan fingerprint density at radius 1 is 0.872 bits per heavy atom. The molecule has 0 aliphatic carbocycles. The number of hydrogen-bond acceptors (Lipinski definition) is 4. The van der Waals surface area contributed by atoms with Crippen molar-refractivity contribution in [2.24, 2.45) is 0 Å². The molecule has 0 radical (unpaired) electrons. The third-order valence-corrected chi connectivity index (χ3v) is 12.3. The number of pyridine rings is 1. The van der Waals surface area contributed by atoms with Crippen LogP contribution in [0.3, 0.4) is 0 Å². The van der Waals surface area contributed by atoms with Crippen molar-refractivity contribution in [1.82, 2.24) is 4.98 Å². The van der Waals surface area contributed by atoms with Crippen LogP contribution < -0.4 is 15.3 Å². The number of benzene rings is 2. The van der Waals surface area contributed by atoms with E-state index in [0.29, 0.717) is 13.2 Å². The summed E-state index contributed by atoms with van der Waals surface area (Å²) in [4.78, 5) is 19.5. The molecule has 0 spiro atoms. The van der Waals surface area contributed by atoms with Gasteiger partial charge in [-0.05, 0) is 79.9 Å². The van der Waals surface area contributed by atoms with Crippen molar-refractivity contribution < 1.29 is 14.0 Å². The zero-order valence-corrected chi connectivity index (χ0v) is 25.5. The van der Waals surface area contributed by atoms with Crippen molar-refractivity contribution in [3.05, 3.63) is 84.1 Å². The molecule has 2 heterocycles. The molecule has 4 rings (SSSR count). The van der Waals surface area contributed by atoms with Crippen LogP contribution in [0.15, 0.2) is 72.8 Å². The number of ether oxygens (including phenoxy) is 1. The maximum absolute atomic E-state index is 12.8. The summed E-state index contributed by atoms with van der Waals surface area (Å²) in [5, 5.41) is 2.59. The number of unbranched alkanes of at least 4 members (excludes halogenated alkanes) is 1. The van der Waals surface area contributed by atoms with Crippen LogP contribution in [0.25, 0.3) is 0 Å². The molecule has 5 nitrogen and oxygen atoms in total. The number of carbonyl (C=O) groups excluding carboxylic acids is 1. The van der Waals surface area contributed by atoms with Gasteiger partial charge in [-0.2, -0.15) is 0 Å². The number of amides is 1. The van der Waals surface area contributed by atoms with Crippen molar-refractivity contribution in [2.75, 3.05) is 18.1 Å². The standard InChI is InChI=1S/C33H44N2O3Si/c1-32(2,3)38-31(36)35-24-15-16-26-22-23-27(34-30(26)35)17-13-14-25-37-39(33(4,5)6,28-18-9-7-10-19-28)29-20-11-8-12-21-29/h7-12,18-23H,13-17,24-25H2,1-6H3. The monoisotopic (exact) mass is 544 g/mol. The molecule has 1 amide bonds. The van der Waals surface area contributed by atoms with Gasteiger partial charge in [0.2, 0.25) is 0 Å². The molecule has 0 atom stereocenters. The van der Waals surface area contributed by atoms with Crippen LogP contribution in [0.4, 0.5) is 10.6 Å². The highest BCUT2D eigenvalue weighted by Crippen LogP contribution is 2.37. The molecule has 0 saturated carbocycles. The summed E-state index contributed by atoms with van der Waals surface area (Å²) in [5.41, 5.74) is 1.60. The summed E-state index contributed by atoms with van der Waals surface area (Å²) in [6.07, 6.45) is 4.31. The Balaban J connectivity index is 1.45. The molecule has 6 heteroatoms. The second-order valence-electron chi connectivity index (χ2n) is 12.5. The van der Waals surface area contributed by atoms with Gasteiger partial charge in [-0.25, -0.2) is 9.78 Å². The third-order valence-electron chi connectivity index (χ3n) is 7.27. The van der Waals surface area contributed by atoms with Crippen molar-refractivity contribution in [1.29, 1.82) is 0 Å². The molecule has 3 aromatic rings. The molecule has 1 aliphatic rings. The summed E-state index contributed by atoms with van der Waals surface area (Å²) in [7, 11) is -2.51. The number of anilines is 1. The van der Waals surface area contributed by atoms with Crippen molar-refractivity contribution in [3.8, 4) is 0 Å². The van der Waals surface area contributed by atoms with E-state index in [0.717, 1.165) is 49.2 Å². The average molecular weight is 545 g/mol. The van der Waals surface area contributed by atoms with E-state index in [1.165, 1.54) is 10.4 Å². The number of nitrogens with zero attached hydrogens (tertiary/aromatic N) is 2. The molecule has 0 bridgehead atoms. The smallest absolute Gasteiger partial charge is 0.416 e. The van der Waals surface area contributed by atoms with Gasteiger partial charge in [0.05, 0.1) is 0 Å². The highest BCUT2D eigenvalue weighted by atomic mass is 28.4. The second-order valence-corrected chi connectivity index (χ2v) is 16.8. The van der Waals surface area contributed by atoms with Gasteiger partial charge in [-0.1, -0.05) is 87.5 Å². The topological polar surface area (TPSA) is 51.7 Å². The Labute approximate surface area is 235 Å². The van der Waals surface area contributed by atoms with E-state index in [2.05, 4.69) is 93.6 Å². The van der Waals surface area contributed by atoms with Gasteiger partial charge in [-0.15, -0.1) is 0 Å². The highest BCUT2D eigenvalue weighted by Gasteiger charge is 2.49. The molecular weight excluding hydrogens is 500 g/mol. The zero-order valence-electron chi connectivity index (χ0n) is 24.5. The Hall–Kier alpha value is -2.96. The SMILES string of the molecule is CC(C)(C)OC(=O)N1CCCc2ccc(CCCCO[Si](c3ccccc3)(c3ccccc3)C(C)(C)C)nc21. The first-order valence-corrected chi connectivity index (χ1v) is 16.2. The number of fused-ring (bicyclic) bond motifs is 1. The van der Waals surface area contributed by atoms with Gasteiger partial charge in [0.15, 0.2) is 0 Å². The van der Waals surface area contributed by atoms with Crippen LogP contribution in [-0.2, 0) is 22.0 Å². The number of aryl methyl sites for hydroxylation is 2. The molecule has 2 aromatic carbocycles. The van der Waals surface area contributed by atoms with E-state index in [4.69, 9.17) is 14.1 Å². The molecule has 0 saturated heterocycles. The van der Waals surface area contributed by atoms with Crippen molar-refractivity contribution in [2.45, 2.75) is 84.3 Å². The molecule has 1 aromatic heterocycles. The summed E-state index contributed by atoms with van der Waals surface area (Å²) in [6.45, 7) is 14.0. The van der Waals surface area contributed by atoms with Gasteiger partial charge < -0.3 is 9.16 Å². The van der Waals surface area contributed by atoms with Crippen molar-refractivity contribution >= 4 is 30.6 Å². The van der Waals surface area contributed by atoms with Gasteiger partial charge in [0, 0.05) is 18.8 Å². The van der Waals surface area contributed by atoms with Gasteiger partial charge in [0.1, 0.15) is 11.4 Å². The lowest BCUT2D eigenvalue weighted by Gasteiger charge is -2.43. The largest absolute Gasteiger partial charge is 0.443 e. The van der Waals surface area contributed by atoms with Crippen LogP contribution in [0.5, 0.6) is 0 Å². The summed E-state index contributed by atoms with van der Waals surface area (Å²) in [6, 6.07) is 25.8. The first-order valence-electron chi connectivity index (χ1n) is 14.3. The second kappa shape index (κ2) is 12.1. The highest BCUT2D eigenvalue weighted by molar-refractivity contribution is 6.99. The molecule has 39 heavy (non-hydrogen) atoms. The van der Waals surface area contributed by atoms with E-state index in [9.17, 15) is 4.79 Å². The van der Waals surface area contributed by atoms with Crippen LogP contribution in [0.1, 0.15) is 72.1 Å². The first kappa shape index (κ1) is 29.0. The van der Waals surface area contributed by atoms with Gasteiger partial charge in [0.25, 0.3) is 8.32 Å². The van der Waals surface area contributed by atoms with E-state index in [1.54, 1.807) is 4.90 Å². The van der Waals surface area contributed by atoms with Crippen molar-refractivity contribution in [3.63, 3.8) is 0 Å². The average Bonchev–Trinajstić information content (AvgIpc) is 2.89. The fraction of sp³-hybridized carbons (Fsp3) is 0.455. The lowest BCUT2D eigenvalue weighted by molar-refractivity contribution is 0.0576. The van der Waals surface area contributed by atoms with Crippen LogP contribution >= 0.6 is 0 Å². The number of hydrogen-bond donors (Lipinski definition) is 0. The van der Waals surface area contributed by atoms with Crippen LogP contribution in [0, 0.1) is 0 Å². The summed E-state index contributed by atoms with van der Waals surface area (Å²) in [5.74, 6) is 0.761. The minimum Gasteiger partial charge on any atom is -0.443 e. The van der Waals surface area contributed by atoms with Crippen LogP contribution in [-0.4, -0.2) is 38.1 Å². The Kier molecular flexibility index (Phi) is 8.97. The minimum absolute atomic E-state index is 0.0269.